The SMILES string of the molecule is CN(CC(C)(C)CO)C(=O)OC(C)(C)C. The highest BCUT2D eigenvalue weighted by atomic mass is 16.6. The summed E-state index contributed by atoms with van der Waals surface area (Å²) in [5.74, 6) is 0. The molecule has 0 aliphatic carbocycles. The second-order valence-electron chi connectivity index (χ2n) is 5.66. The van der Waals surface area contributed by atoms with Crippen LogP contribution in [0.5, 0.6) is 0 Å². The van der Waals surface area contributed by atoms with Crippen LogP contribution < -0.4 is 0 Å². The van der Waals surface area contributed by atoms with Crippen LogP contribution in [-0.4, -0.2) is 41.9 Å². The van der Waals surface area contributed by atoms with Crippen molar-refractivity contribution in [1.29, 1.82) is 0 Å². The van der Waals surface area contributed by atoms with Crippen LogP contribution in [0.2, 0.25) is 0 Å². The smallest absolute Gasteiger partial charge is 0.410 e. The maximum Gasteiger partial charge on any atom is 0.410 e. The minimum Gasteiger partial charge on any atom is -0.444 e. The highest BCUT2D eigenvalue weighted by Crippen LogP contribution is 2.16. The molecule has 0 rings (SSSR count). The highest BCUT2D eigenvalue weighted by Gasteiger charge is 2.25. The Hall–Kier alpha value is -0.770. The van der Waals surface area contributed by atoms with E-state index in [2.05, 4.69) is 0 Å². The molecule has 4 heteroatoms. The monoisotopic (exact) mass is 217 g/mol. The number of ether oxygens (including phenoxy) is 1. The molecular weight excluding hydrogens is 194 g/mol. The van der Waals surface area contributed by atoms with E-state index in [-0.39, 0.29) is 18.1 Å². The van der Waals surface area contributed by atoms with Crippen molar-refractivity contribution in [2.24, 2.45) is 5.41 Å². The molecule has 0 unspecified atom stereocenters. The van der Waals surface area contributed by atoms with Crippen molar-refractivity contribution >= 4 is 6.09 Å². The van der Waals surface area contributed by atoms with Gasteiger partial charge < -0.3 is 14.7 Å². The molecule has 0 aliphatic rings. The molecule has 0 spiro atoms. The summed E-state index contributed by atoms with van der Waals surface area (Å²) in [5, 5.41) is 9.08. The summed E-state index contributed by atoms with van der Waals surface area (Å²) in [7, 11) is 1.67. The van der Waals surface area contributed by atoms with Crippen molar-refractivity contribution in [2.75, 3.05) is 20.2 Å². The molecule has 0 aromatic heterocycles. The van der Waals surface area contributed by atoms with Crippen molar-refractivity contribution in [3.8, 4) is 0 Å². The molecule has 1 amide bonds. The molecule has 4 nitrogen and oxygen atoms in total. The molecule has 0 aliphatic heterocycles. The predicted octanol–water partition coefficient (Wildman–Crippen LogP) is 1.87. The van der Waals surface area contributed by atoms with Gasteiger partial charge in [-0.25, -0.2) is 4.79 Å². The zero-order valence-corrected chi connectivity index (χ0v) is 10.6. The quantitative estimate of drug-likeness (QED) is 0.785. The zero-order valence-electron chi connectivity index (χ0n) is 10.6. The number of carbonyl (C=O) groups excluding carboxylic acids is 1. The molecule has 0 radical (unpaired) electrons. The van der Waals surface area contributed by atoms with Gasteiger partial charge in [0.1, 0.15) is 5.60 Å². The summed E-state index contributed by atoms with van der Waals surface area (Å²) in [6.07, 6.45) is -0.357. The first-order chi connectivity index (χ1) is 6.57. The Balaban J connectivity index is 4.23. The molecule has 0 saturated carbocycles. The van der Waals surface area contributed by atoms with E-state index in [4.69, 9.17) is 9.84 Å². The molecule has 0 atom stereocenters. The van der Waals surface area contributed by atoms with E-state index in [1.807, 2.05) is 34.6 Å². The third kappa shape index (κ3) is 6.33. The van der Waals surface area contributed by atoms with Gasteiger partial charge in [-0.3, -0.25) is 0 Å². The molecule has 0 aromatic rings. The molecular formula is C11H23NO3. The lowest BCUT2D eigenvalue weighted by Crippen LogP contribution is -2.40. The number of hydrogen-bond acceptors (Lipinski definition) is 3. The maximum atomic E-state index is 11.6. The van der Waals surface area contributed by atoms with Gasteiger partial charge in [-0.05, 0) is 20.8 Å². The number of carbonyl (C=O) groups is 1. The molecule has 0 bridgehead atoms. The summed E-state index contributed by atoms with van der Waals surface area (Å²) in [5.41, 5.74) is -0.777. The number of amides is 1. The summed E-state index contributed by atoms with van der Waals surface area (Å²) < 4.78 is 5.20. The Morgan fingerprint density at radius 1 is 1.27 bits per heavy atom. The van der Waals surface area contributed by atoms with Gasteiger partial charge in [0.05, 0.1) is 0 Å². The lowest BCUT2D eigenvalue weighted by Gasteiger charge is -2.30. The summed E-state index contributed by atoms with van der Waals surface area (Å²) in [4.78, 5) is 13.1. The summed E-state index contributed by atoms with van der Waals surface area (Å²) in [6.45, 7) is 9.79. The molecule has 0 fully saturated rings. The Morgan fingerprint density at radius 2 is 1.73 bits per heavy atom. The average Bonchev–Trinajstić information content (AvgIpc) is 2.00. The van der Waals surface area contributed by atoms with Crippen LogP contribution in [0.4, 0.5) is 4.79 Å². The van der Waals surface area contributed by atoms with Gasteiger partial charge in [-0.15, -0.1) is 0 Å². The van der Waals surface area contributed by atoms with Crippen LogP contribution >= 0.6 is 0 Å². The van der Waals surface area contributed by atoms with Gasteiger partial charge in [-0.1, -0.05) is 13.8 Å². The molecule has 0 aromatic carbocycles. The molecule has 0 heterocycles. The van der Waals surface area contributed by atoms with Crippen molar-refractivity contribution in [3.05, 3.63) is 0 Å². The first kappa shape index (κ1) is 14.2. The van der Waals surface area contributed by atoms with E-state index in [9.17, 15) is 4.79 Å². The van der Waals surface area contributed by atoms with Crippen LogP contribution in [0.15, 0.2) is 0 Å². The van der Waals surface area contributed by atoms with Crippen molar-refractivity contribution in [1.82, 2.24) is 4.90 Å². The number of nitrogens with zero attached hydrogens (tertiary/aromatic N) is 1. The van der Waals surface area contributed by atoms with Gasteiger partial charge in [0.15, 0.2) is 0 Å². The fourth-order valence-electron chi connectivity index (χ4n) is 1.10. The minimum absolute atomic E-state index is 0.0418. The average molecular weight is 217 g/mol. The van der Waals surface area contributed by atoms with Gasteiger partial charge in [0, 0.05) is 25.6 Å². The van der Waals surface area contributed by atoms with E-state index in [1.54, 1.807) is 7.05 Å². The number of aliphatic hydroxyl groups is 1. The van der Waals surface area contributed by atoms with Crippen LogP contribution in [-0.2, 0) is 4.74 Å². The predicted molar refractivity (Wildman–Crippen MR) is 59.7 cm³/mol. The zero-order chi connectivity index (χ0) is 12.3. The molecule has 0 saturated heterocycles. The largest absolute Gasteiger partial charge is 0.444 e. The van der Waals surface area contributed by atoms with Crippen molar-refractivity contribution < 1.29 is 14.6 Å². The topological polar surface area (TPSA) is 49.8 Å². The van der Waals surface area contributed by atoms with Crippen LogP contribution in [0.25, 0.3) is 0 Å². The van der Waals surface area contributed by atoms with Crippen LogP contribution in [0.3, 0.4) is 0 Å². The fourth-order valence-corrected chi connectivity index (χ4v) is 1.10. The van der Waals surface area contributed by atoms with Gasteiger partial charge in [0.2, 0.25) is 0 Å². The summed E-state index contributed by atoms with van der Waals surface area (Å²) >= 11 is 0. The fraction of sp³-hybridized carbons (Fsp3) is 0.909. The van der Waals surface area contributed by atoms with Gasteiger partial charge >= 0.3 is 6.09 Å². The number of rotatable bonds is 3. The van der Waals surface area contributed by atoms with Crippen LogP contribution in [0, 0.1) is 5.41 Å². The lowest BCUT2D eigenvalue weighted by molar-refractivity contribution is 0.0192. The Bertz CT molecular complexity index is 218. The standard InChI is InChI=1S/C11H23NO3/c1-10(2,3)15-9(14)12(6)7-11(4,5)8-13/h13H,7-8H2,1-6H3. The second kappa shape index (κ2) is 4.84. The van der Waals surface area contributed by atoms with E-state index in [0.29, 0.717) is 6.54 Å². The Kier molecular flexibility index (Phi) is 4.59. The molecule has 1 N–H and O–H groups in total. The van der Waals surface area contributed by atoms with E-state index in [1.165, 1.54) is 4.90 Å². The Morgan fingerprint density at radius 3 is 2.07 bits per heavy atom. The molecule has 90 valence electrons. The van der Waals surface area contributed by atoms with E-state index in [0.717, 1.165) is 0 Å². The Labute approximate surface area is 92.2 Å². The van der Waals surface area contributed by atoms with E-state index < -0.39 is 5.60 Å². The van der Waals surface area contributed by atoms with Gasteiger partial charge in [-0.2, -0.15) is 0 Å². The third-order valence-electron chi connectivity index (χ3n) is 1.80. The first-order valence-corrected chi connectivity index (χ1v) is 5.12. The first-order valence-electron chi connectivity index (χ1n) is 5.12. The lowest BCUT2D eigenvalue weighted by atomic mass is 9.94. The number of hydrogen-bond donors (Lipinski definition) is 1. The molecule has 15 heavy (non-hydrogen) atoms. The maximum absolute atomic E-state index is 11.6. The van der Waals surface area contributed by atoms with Crippen LogP contribution in [0.1, 0.15) is 34.6 Å². The minimum atomic E-state index is -0.477. The van der Waals surface area contributed by atoms with Crippen molar-refractivity contribution in [2.45, 2.75) is 40.2 Å². The van der Waals surface area contributed by atoms with E-state index >= 15 is 0 Å². The van der Waals surface area contributed by atoms with Crippen molar-refractivity contribution in [3.63, 3.8) is 0 Å². The third-order valence-corrected chi connectivity index (χ3v) is 1.80. The van der Waals surface area contributed by atoms with Gasteiger partial charge in [0.25, 0.3) is 0 Å². The number of aliphatic hydroxyl groups excluding tert-OH is 1. The highest BCUT2D eigenvalue weighted by molar-refractivity contribution is 5.67. The summed E-state index contributed by atoms with van der Waals surface area (Å²) in [6, 6.07) is 0. The second-order valence-corrected chi connectivity index (χ2v) is 5.66. The normalized spacial score (nSPS) is 12.5.